The summed E-state index contributed by atoms with van der Waals surface area (Å²) in [5, 5.41) is 4.58. The third-order valence-corrected chi connectivity index (χ3v) is 3.54. The van der Waals surface area contributed by atoms with Crippen molar-refractivity contribution in [1.82, 2.24) is 15.6 Å². The van der Waals surface area contributed by atoms with Crippen molar-refractivity contribution in [3.8, 4) is 0 Å². The van der Waals surface area contributed by atoms with Crippen molar-refractivity contribution in [2.75, 3.05) is 6.54 Å². The molecule has 1 aromatic heterocycles. The predicted molar refractivity (Wildman–Crippen MR) is 88.2 cm³/mol. The minimum Gasteiger partial charge on any atom is -0.366 e. The average molecular weight is 366 g/mol. The van der Waals surface area contributed by atoms with Gasteiger partial charge in [-0.05, 0) is 11.6 Å². The Hall–Kier alpha value is -2.94. The number of carbonyl (C=O) groups is 2. The number of hydrogen-bond acceptors (Lipinski definition) is 4. The summed E-state index contributed by atoms with van der Waals surface area (Å²) in [6, 6.07) is 7.84. The van der Waals surface area contributed by atoms with Crippen LogP contribution in [0.3, 0.4) is 0 Å². The standard InChI is InChI=1S/C17H17F3N4O2/c18-17(19,20)14(23-7-11-4-2-1-3-5-11)10-24-16(26)13-6-12(15(21)25)8-22-9-13/h1-6,8-9,14,23H,7,10H2,(H2,21,25)(H,24,26). The van der Waals surface area contributed by atoms with E-state index < -0.39 is 30.6 Å². The highest BCUT2D eigenvalue weighted by Gasteiger charge is 2.39. The number of amides is 2. The van der Waals surface area contributed by atoms with Crippen molar-refractivity contribution in [2.45, 2.75) is 18.8 Å². The predicted octanol–water partition coefficient (Wildman–Crippen LogP) is 1.63. The van der Waals surface area contributed by atoms with E-state index in [0.29, 0.717) is 5.56 Å². The Morgan fingerprint density at radius 2 is 1.77 bits per heavy atom. The first-order chi connectivity index (χ1) is 12.3. The number of carbonyl (C=O) groups excluding carboxylic acids is 2. The molecular formula is C17H17F3N4O2. The molecule has 0 saturated heterocycles. The zero-order chi connectivity index (χ0) is 19.2. The molecule has 1 aromatic carbocycles. The third-order valence-electron chi connectivity index (χ3n) is 3.54. The molecule has 2 aromatic rings. The third kappa shape index (κ3) is 5.55. The van der Waals surface area contributed by atoms with Crippen molar-refractivity contribution in [2.24, 2.45) is 5.73 Å². The van der Waals surface area contributed by atoms with Gasteiger partial charge in [-0.1, -0.05) is 30.3 Å². The number of nitrogens with zero attached hydrogens (tertiary/aromatic N) is 1. The molecule has 2 rings (SSSR count). The highest BCUT2D eigenvalue weighted by atomic mass is 19.4. The van der Waals surface area contributed by atoms with Crippen LogP contribution in [0.2, 0.25) is 0 Å². The lowest BCUT2D eigenvalue weighted by atomic mass is 10.1. The number of nitrogens with one attached hydrogen (secondary N) is 2. The van der Waals surface area contributed by atoms with E-state index in [4.69, 9.17) is 5.73 Å². The molecule has 0 aliphatic carbocycles. The van der Waals surface area contributed by atoms with Gasteiger partial charge in [-0.25, -0.2) is 0 Å². The Labute approximate surface area is 147 Å². The number of pyridine rings is 1. The van der Waals surface area contributed by atoms with E-state index in [9.17, 15) is 22.8 Å². The molecular weight excluding hydrogens is 349 g/mol. The number of nitrogens with two attached hydrogens (primary N) is 1. The quantitative estimate of drug-likeness (QED) is 0.694. The number of benzene rings is 1. The number of alkyl halides is 3. The summed E-state index contributed by atoms with van der Waals surface area (Å²) in [5.74, 6) is -1.57. The second-order valence-electron chi connectivity index (χ2n) is 5.50. The van der Waals surface area contributed by atoms with E-state index in [-0.39, 0.29) is 17.7 Å². The van der Waals surface area contributed by atoms with Gasteiger partial charge in [0.1, 0.15) is 6.04 Å². The van der Waals surface area contributed by atoms with E-state index in [0.717, 1.165) is 6.20 Å². The van der Waals surface area contributed by atoms with Crippen LogP contribution in [0.15, 0.2) is 48.8 Å². The van der Waals surface area contributed by atoms with Crippen LogP contribution in [0.4, 0.5) is 13.2 Å². The molecule has 9 heteroatoms. The van der Waals surface area contributed by atoms with Gasteiger partial charge in [0.25, 0.3) is 5.91 Å². The Kier molecular flexibility index (Phi) is 6.29. The fourth-order valence-corrected chi connectivity index (χ4v) is 2.14. The summed E-state index contributed by atoms with van der Waals surface area (Å²) >= 11 is 0. The normalized spacial score (nSPS) is 12.4. The Morgan fingerprint density at radius 3 is 2.38 bits per heavy atom. The Bertz CT molecular complexity index is 766. The number of halogens is 3. The van der Waals surface area contributed by atoms with E-state index in [1.807, 2.05) is 0 Å². The summed E-state index contributed by atoms with van der Waals surface area (Å²) < 4.78 is 39.5. The number of rotatable bonds is 7. The van der Waals surface area contributed by atoms with Gasteiger partial charge in [-0.2, -0.15) is 13.2 Å². The average Bonchev–Trinajstić information content (AvgIpc) is 2.61. The summed E-state index contributed by atoms with van der Waals surface area (Å²) in [5.41, 5.74) is 5.72. The van der Waals surface area contributed by atoms with Crippen LogP contribution in [-0.2, 0) is 6.54 Å². The van der Waals surface area contributed by atoms with Crippen LogP contribution in [0, 0.1) is 0 Å². The molecule has 2 amide bonds. The SMILES string of the molecule is NC(=O)c1cncc(C(=O)NCC(NCc2ccccc2)C(F)(F)F)c1. The van der Waals surface area contributed by atoms with Crippen molar-refractivity contribution in [3.05, 3.63) is 65.5 Å². The molecule has 0 aliphatic rings. The fourth-order valence-electron chi connectivity index (χ4n) is 2.14. The fraction of sp³-hybridized carbons (Fsp3) is 0.235. The van der Waals surface area contributed by atoms with Gasteiger partial charge in [0, 0.05) is 25.5 Å². The smallest absolute Gasteiger partial charge is 0.366 e. The van der Waals surface area contributed by atoms with Crippen LogP contribution in [0.25, 0.3) is 0 Å². The largest absolute Gasteiger partial charge is 0.405 e. The number of hydrogen-bond donors (Lipinski definition) is 3. The molecule has 0 fully saturated rings. The van der Waals surface area contributed by atoms with E-state index in [1.165, 1.54) is 12.3 Å². The maximum absolute atomic E-state index is 13.2. The molecule has 26 heavy (non-hydrogen) atoms. The second kappa shape index (κ2) is 8.43. The topological polar surface area (TPSA) is 97.1 Å². The minimum absolute atomic E-state index is 0.000394. The van der Waals surface area contributed by atoms with Crippen molar-refractivity contribution in [3.63, 3.8) is 0 Å². The van der Waals surface area contributed by atoms with E-state index in [2.05, 4.69) is 15.6 Å². The number of primary amides is 1. The first-order valence-corrected chi connectivity index (χ1v) is 7.64. The van der Waals surface area contributed by atoms with Crippen molar-refractivity contribution >= 4 is 11.8 Å². The maximum atomic E-state index is 13.2. The molecule has 6 nitrogen and oxygen atoms in total. The molecule has 1 unspecified atom stereocenters. The Balaban J connectivity index is 1.99. The first-order valence-electron chi connectivity index (χ1n) is 7.64. The van der Waals surface area contributed by atoms with Crippen LogP contribution in [-0.4, -0.2) is 35.6 Å². The van der Waals surface area contributed by atoms with Crippen molar-refractivity contribution in [1.29, 1.82) is 0 Å². The summed E-state index contributed by atoms with van der Waals surface area (Å²) in [6.45, 7) is -0.671. The maximum Gasteiger partial charge on any atom is 0.405 e. The van der Waals surface area contributed by atoms with Gasteiger partial charge in [-0.15, -0.1) is 0 Å². The summed E-state index contributed by atoms with van der Waals surface area (Å²) in [6.07, 6.45) is -2.24. The van der Waals surface area contributed by atoms with Crippen LogP contribution >= 0.6 is 0 Å². The van der Waals surface area contributed by atoms with Gasteiger partial charge >= 0.3 is 6.18 Å². The highest BCUT2D eigenvalue weighted by molar-refractivity contribution is 5.98. The Morgan fingerprint density at radius 1 is 1.12 bits per heavy atom. The van der Waals surface area contributed by atoms with E-state index in [1.54, 1.807) is 30.3 Å². The molecule has 1 heterocycles. The van der Waals surface area contributed by atoms with Crippen molar-refractivity contribution < 1.29 is 22.8 Å². The highest BCUT2D eigenvalue weighted by Crippen LogP contribution is 2.20. The molecule has 0 bridgehead atoms. The zero-order valence-electron chi connectivity index (χ0n) is 13.6. The zero-order valence-corrected chi connectivity index (χ0v) is 13.6. The van der Waals surface area contributed by atoms with Crippen LogP contribution in [0.1, 0.15) is 26.3 Å². The lowest BCUT2D eigenvalue weighted by Gasteiger charge is -2.22. The summed E-state index contributed by atoms with van der Waals surface area (Å²) in [7, 11) is 0. The molecule has 4 N–H and O–H groups in total. The lowest BCUT2D eigenvalue weighted by Crippen LogP contribution is -2.49. The molecule has 0 saturated carbocycles. The van der Waals surface area contributed by atoms with Gasteiger partial charge in [0.15, 0.2) is 0 Å². The van der Waals surface area contributed by atoms with Gasteiger partial charge in [-0.3, -0.25) is 14.6 Å². The van der Waals surface area contributed by atoms with E-state index >= 15 is 0 Å². The lowest BCUT2D eigenvalue weighted by molar-refractivity contribution is -0.154. The summed E-state index contributed by atoms with van der Waals surface area (Å²) in [4.78, 5) is 26.8. The van der Waals surface area contributed by atoms with Crippen LogP contribution < -0.4 is 16.4 Å². The monoisotopic (exact) mass is 366 g/mol. The van der Waals surface area contributed by atoms with Crippen LogP contribution in [0.5, 0.6) is 0 Å². The molecule has 1 atom stereocenters. The molecule has 0 aliphatic heterocycles. The van der Waals surface area contributed by atoms with Gasteiger partial charge in [0.05, 0.1) is 11.1 Å². The minimum atomic E-state index is -4.55. The molecule has 0 spiro atoms. The van der Waals surface area contributed by atoms with Gasteiger partial charge < -0.3 is 16.4 Å². The first kappa shape index (κ1) is 19.4. The molecule has 138 valence electrons. The molecule has 0 radical (unpaired) electrons. The second-order valence-corrected chi connectivity index (χ2v) is 5.50. The number of aromatic nitrogens is 1. The van der Waals surface area contributed by atoms with Gasteiger partial charge in [0.2, 0.25) is 5.91 Å².